The highest BCUT2D eigenvalue weighted by Gasteiger charge is 2.18. The highest BCUT2D eigenvalue weighted by Crippen LogP contribution is 2.26. The van der Waals surface area contributed by atoms with E-state index in [2.05, 4.69) is 4.18 Å². The van der Waals surface area contributed by atoms with Crippen molar-refractivity contribution in [1.82, 2.24) is 0 Å². The van der Waals surface area contributed by atoms with Crippen molar-refractivity contribution in [2.75, 3.05) is 6.61 Å². The van der Waals surface area contributed by atoms with E-state index in [-0.39, 0.29) is 4.21 Å². The highest BCUT2D eigenvalue weighted by atomic mass is 35.5. The molecular formula is C6H5ClO5S2. The van der Waals surface area contributed by atoms with Crippen LogP contribution in [0.5, 0.6) is 0 Å². The first-order valence-electron chi connectivity index (χ1n) is 3.28. The number of hydrogen-bond acceptors (Lipinski definition) is 5. The number of carboxylic acid groups (broad SMARTS) is 1. The largest absolute Gasteiger partial charge is 0.479 e. The first-order valence-corrected chi connectivity index (χ1v) is 5.88. The molecule has 1 aromatic rings. The van der Waals surface area contributed by atoms with E-state index >= 15 is 0 Å². The summed E-state index contributed by atoms with van der Waals surface area (Å²) in [6.45, 7) is -0.891. The van der Waals surface area contributed by atoms with E-state index in [1.54, 1.807) is 0 Å². The predicted molar refractivity (Wildman–Crippen MR) is 50.1 cm³/mol. The minimum absolute atomic E-state index is 0.108. The van der Waals surface area contributed by atoms with E-state index in [4.69, 9.17) is 16.7 Å². The van der Waals surface area contributed by atoms with Gasteiger partial charge in [-0.1, -0.05) is 11.6 Å². The molecule has 0 radical (unpaired) electrons. The third-order valence-corrected chi connectivity index (χ3v) is 4.08. The zero-order chi connectivity index (χ0) is 10.8. The molecule has 78 valence electrons. The molecule has 1 aromatic heterocycles. The average Bonchev–Trinajstić information content (AvgIpc) is 2.49. The number of aliphatic carboxylic acids is 1. The zero-order valence-corrected chi connectivity index (χ0v) is 9.03. The first kappa shape index (κ1) is 11.4. The SMILES string of the molecule is O=C(O)COS(=O)(=O)c1ccc(Cl)s1. The summed E-state index contributed by atoms with van der Waals surface area (Å²) in [5, 5.41) is 8.22. The van der Waals surface area contributed by atoms with Crippen LogP contribution in [0.2, 0.25) is 4.34 Å². The fourth-order valence-electron chi connectivity index (χ4n) is 0.618. The lowest BCUT2D eigenvalue weighted by atomic mass is 10.7. The van der Waals surface area contributed by atoms with E-state index < -0.39 is 22.7 Å². The van der Waals surface area contributed by atoms with E-state index in [0.717, 1.165) is 11.3 Å². The van der Waals surface area contributed by atoms with E-state index in [9.17, 15) is 13.2 Å². The van der Waals surface area contributed by atoms with Gasteiger partial charge >= 0.3 is 16.1 Å². The van der Waals surface area contributed by atoms with Crippen LogP contribution in [-0.2, 0) is 19.1 Å². The molecule has 0 amide bonds. The molecule has 0 saturated carbocycles. The zero-order valence-electron chi connectivity index (χ0n) is 6.64. The van der Waals surface area contributed by atoms with Crippen molar-refractivity contribution >= 4 is 39.0 Å². The Hall–Kier alpha value is -0.630. The third-order valence-electron chi connectivity index (χ3n) is 1.13. The number of halogens is 1. The summed E-state index contributed by atoms with van der Waals surface area (Å²) >= 11 is 6.32. The summed E-state index contributed by atoms with van der Waals surface area (Å²) in [7, 11) is -3.98. The van der Waals surface area contributed by atoms with Crippen LogP contribution in [0.1, 0.15) is 0 Å². The Morgan fingerprint density at radius 1 is 1.57 bits per heavy atom. The lowest BCUT2D eigenvalue weighted by Crippen LogP contribution is -2.12. The van der Waals surface area contributed by atoms with E-state index in [1.807, 2.05) is 0 Å². The van der Waals surface area contributed by atoms with Crippen LogP contribution < -0.4 is 0 Å². The molecule has 0 atom stereocenters. The second-order valence-electron chi connectivity index (χ2n) is 2.17. The second-order valence-corrected chi connectivity index (χ2v) is 5.73. The maximum Gasteiger partial charge on any atom is 0.331 e. The van der Waals surface area contributed by atoms with Crippen LogP contribution in [0.4, 0.5) is 0 Å². The van der Waals surface area contributed by atoms with Crippen LogP contribution in [0, 0.1) is 0 Å². The number of thiophene rings is 1. The molecule has 0 fully saturated rings. The smallest absolute Gasteiger partial charge is 0.331 e. The molecule has 0 aliphatic carbocycles. The number of hydrogen-bond donors (Lipinski definition) is 1. The van der Waals surface area contributed by atoms with Gasteiger partial charge in [0.15, 0.2) is 6.61 Å². The van der Waals surface area contributed by atoms with E-state index in [0.29, 0.717) is 4.34 Å². The van der Waals surface area contributed by atoms with Gasteiger partial charge in [-0.25, -0.2) is 4.79 Å². The van der Waals surface area contributed by atoms with Crippen molar-refractivity contribution < 1.29 is 22.5 Å². The molecule has 14 heavy (non-hydrogen) atoms. The number of rotatable bonds is 4. The van der Waals surface area contributed by atoms with Crippen LogP contribution in [-0.4, -0.2) is 26.1 Å². The Morgan fingerprint density at radius 3 is 2.64 bits per heavy atom. The first-order chi connectivity index (χ1) is 6.42. The molecule has 0 saturated heterocycles. The van der Waals surface area contributed by atoms with Crippen molar-refractivity contribution in [3.8, 4) is 0 Å². The van der Waals surface area contributed by atoms with Crippen molar-refractivity contribution in [3.63, 3.8) is 0 Å². The van der Waals surface area contributed by atoms with Crippen molar-refractivity contribution in [3.05, 3.63) is 16.5 Å². The summed E-state index contributed by atoms with van der Waals surface area (Å²) in [4.78, 5) is 10.1. The lowest BCUT2D eigenvalue weighted by Gasteiger charge is -1.98. The van der Waals surface area contributed by atoms with Gasteiger partial charge in [-0.15, -0.1) is 11.3 Å². The van der Waals surface area contributed by atoms with Gasteiger partial charge in [0.2, 0.25) is 0 Å². The predicted octanol–water partition coefficient (Wildman–Crippen LogP) is 1.19. The molecule has 5 nitrogen and oxygen atoms in total. The van der Waals surface area contributed by atoms with Gasteiger partial charge in [0.05, 0.1) is 4.34 Å². The molecule has 0 aliphatic heterocycles. The van der Waals surface area contributed by atoms with Crippen LogP contribution >= 0.6 is 22.9 Å². The Bertz CT molecular complexity index is 435. The van der Waals surface area contributed by atoms with Crippen LogP contribution in [0.15, 0.2) is 16.3 Å². The molecule has 1 rings (SSSR count). The number of carboxylic acids is 1. The van der Waals surface area contributed by atoms with Crippen molar-refractivity contribution in [1.29, 1.82) is 0 Å². The van der Waals surface area contributed by atoms with Crippen LogP contribution in [0.25, 0.3) is 0 Å². The fraction of sp³-hybridized carbons (Fsp3) is 0.167. The van der Waals surface area contributed by atoms with Gasteiger partial charge in [0.25, 0.3) is 0 Å². The van der Waals surface area contributed by atoms with Gasteiger partial charge in [0.1, 0.15) is 4.21 Å². The molecular weight excluding hydrogens is 252 g/mol. The Kier molecular flexibility index (Phi) is 3.48. The van der Waals surface area contributed by atoms with Crippen LogP contribution in [0.3, 0.4) is 0 Å². The van der Waals surface area contributed by atoms with E-state index in [1.165, 1.54) is 12.1 Å². The fourth-order valence-corrected chi connectivity index (χ4v) is 2.96. The monoisotopic (exact) mass is 256 g/mol. The quantitative estimate of drug-likeness (QED) is 0.819. The molecule has 0 aromatic carbocycles. The topological polar surface area (TPSA) is 80.7 Å². The maximum atomic E-state index is 11.2. The van der Waals surface area contributed by atoms with Gasteiger partial charge in [-0.05, 0) is 12.1 Å². The standard InChI is InChI=1S/C6H5ClO5S2/c7-4-1-2-6(13-4)14(10,11)12-3-5(8)9/h1-2H,3H2,(H,8,9). The van der Waals surface area contributed by atoms with Gasteiger partial charge in [0, 0.05) is 0 Å². The Labute approximate surface area is 89.0 Å². The summed E-state index contributed by atoms with van der Waals surface area (Å²) < 4.78 is 26.8. The van der Waals surface area contributed by atoms with Crippen molar-refractivity contribution in [2.24, 2.45) is 0 Å². The molecule has 0 bridgehead atoms. The molecule has 0 unspecified atom stereocenters. The normalized spacial score (nSPS) is 11.5. The molecule has 0 aliphatic rings. The summed E-state index contributed by atoms with van der Waals surface area (Å²) in [6.07, 6.45) is 0. The average molecular weight is 257 g/mol. The maximum absolute atomic E-state index is 11.2. The third kappa shape index (κ3) is 2.95. The molecule has 0 spiro atoms. The Morgan fingerprint density at radius 2 is 2.21 bits per heavy atom. The summed E-state index contributed by atoms with van der Waals surface area (Å²) in [6, 6.07) is 2.65. The number of carbonyl (C=O) groups is 1. The van der Waals surface area contributed by atoms with Gasteiger partial charge in [-0.2, -0.15) is 8.42 Å². The molecule has 1 heterocycles. The molecule has 1 N–H and O–H groups in total. The van der Waals surface area contributed by atoms with Gasteiger partial charge in [-0.3, -0.25) is 4.18 Å². The minimum atomic E-state index is -3.98. The van der Waals surface area contributed by atoms with Gasteiger partial charge < -0.3 is 5.11 Å². The second kappa shape index (κ2) is 4.26. The Balaban J connectivity index is 2.81. The lowest BCUT2D eigenvalue weighted by molar-refractivity contribution is -0.139. The summed E-state index contributed by atoms with van der Waals surface area (Å²) in [5.41, 5.74) is 0. The molecule has 8 heteroatoms. The minimum Gasteiger partial charge on any atom is -0.479 e. The van der Waals surface area contributed by atoms with Crippen molar-refractivity contribution in [2.45, 2.75) is 4.21 Å². The highest BCUT2D eigenvalue weighted by molar-refractivity contribution is 7.89. The summed E-state index contributed by atoms with van der Waals surface area (Å²) in [5.74, 6) is -1.35.